The van der Waals surface area contributed by atoms with E-state index >= 15 is 8.78 Å². The van der Waals surface area contributed by atoms with Gasteiger partial charge in [-0.2, -0.15) is 30.4 Å². The summed E-state index contributed by atoms with van der Waals surface area (Å²) in [5.41, 5.74) is 0.821. The first-order valence-corrected chi connectivity index (χ1v) is 22.8. The lowest BCUT2D eigenvalue weighted by Gasteiger charge is -2.56. The van der Waals surface area contributed by atoms with Crippen molar-refractivity contribution in [3.8, 4) is 11.1 Å². The van der Waals surface area contributed by atoms with Gasteiger partial charge in [0.05, 0.1) is 31.0 Å². The molecule has 4 aliphatic rings. The molecule has 0 radical (unpaired) electrons. The first kappa shape index (κ1) is 38.3. The molecule has 0 amide bonds. The van der Waals surface area contributed by atoms with Crippen LogP contribution in [0, 0.1) is 24.2 Å². The molecule has 2 fully saturated rings. The van der Waals surface area contributed by atoms with Crippen LogP contribution in [0.25, 0.3) is 11.1 Å². The van der Waals surface area contributed by atoms with Crippen LogP contribution in [0.5, 0.6) is 0 Å². The monoisotopic (exact) mass is 885 g/mol. The largest absolute Gasteiger partial charge is 0.456 e. The molecule has 0 aromatic heterocycles. The standard InChI is InChI=1S/C39H37F5INO5S2/c1-23-3-13-30(14-4-23)53(50,51)46-52(45,49)29-15-9-25(10-16-29)24-5-7-26(8-6-24)33-22-36(2)34(19-20-37(36,48)38(40,41)39(42,43)44)32-17-11-27-21-28(47)12-18-31(27)35(32)33/h3-10,13-16,21,32-34,48H,11-12,17-20,22H2,1-2H3/t32?,33?,34?,36-,37-,52?/m0/s1. The van der Waals surface area contributed by atoms with Crippen LogP contribution in [0.15, 0.2) is 109 Å². The van der Waals surface area contributed by atoms with Crippen LogP contribution in [0.3, 0.4) is 0 Å². The number of halogens is 6. The molecule has 0 saturated heterocycles. The Morgan fingerprint density at radius 2 is 1.42 bits per heavy atom. The molecule has 4 aliphatic carbocycles. The van der Waals surface area contributed by atoms with Crippen LogP contribution in [0.2, 0.25) is 0 Å². The van der Waals surface area contributed by atoms with Gasteiger partial charge in [-0.05, 0) is 115 Å². The van der Waals surface area contributed by atoms with E-state index in [2.05, 4.69) is 3.77 Å². The Kier molecular flexibility index (Phi) is 9.46. The molecule has 0 bridgehead atoms. The zero-order valence-corrected chi connectivity index (χ0v) is 32.6. The van der Waals surface area contributed by atoms with E-state index in [4.69, 9.17) is 0 Å². The Morgan fingerprint density at radius 3 is 2.02 bits per heavy atom. The first-order chi connectivity index (χ1) is 24.7. The number of hydrogen-bond acceptors (Lipinski definition) is 5. The Balaban J connectivity index is 1.24. The Morgan fingerprint density at radius 1 is 0.830 bits per heavy atom. The van der Waals surface area contributed by atoms with Gasteiger partial charge in [0.2, 0.25) is 0 Å². The van der Waals surface area contributed by atoms with Gasteiger partial charge in [0, 0.05) is 17.8 Å². The van der Waals surface area contributed by atoms with Crippen LogP contribution in [0.1, 0.15) is 68.9 Å². The number of fused-ring (bicyclic) bond motifs is 4. The maximum Gasteiger partial charge on any atom is 0.456 e. The average Bonchev–Trinajstić information content (AvgIpc) is 3.38. The molecule has 0 heterocycles. The van der Waals surface area contributed by atoms with Crippen molar-refractivity contribution in [2.75, 3.05) is 0 Å². The van der Waals surface area contributed by atoms with Gasteiger partial charge < -0.3 is 5.11 Å². The van der Waals surface area contributed by atoms with Gasteiger partial charge in [-0.3, -0.25) is 4.79 Å². The zero-order chi connectivity index (χ0) is 38.4. The van der Waals surface area contributed by atoms with Gasteiger partial charge >= 0.3 is 12.1 Å². The van der Waals surface area contributed by atoms with E-state index in [1.807, 2.05) is 31.2 Å². The van der Waals surface area contributed by atoms with Gasteiger partial charge in [-0.1, -0.05) is 70.4 Å². The van der Waals surface area contributed by atoms with Gasteiger partial charge in [-0.15, -0.1) is 0 Å². The normalized spacial score (nSPS) is 28.7. The summed E-state index contributed by atoms with van der Waals surface area (Å²) >= 11 is 1.54. The molecule has 3 aromatic rings. The number of carbonyl (C=O) groups is 1. The van der Waals surface area contributed by atoms with Crippen LogP contribution < -0.4 is 0 Å². The summed E-state index contributed by atoms with van der Waals surface area (Å²) in [5, 5.41) is 11.5. The minimum Gasteiger partial charge on any atom is -0.383 e. The van der Waals surface area contributed by atoms with Gasteiger partial charge in [0.25, 0.3) is 10.0 Å². The van der Waals surface area contributed by atoms with E-state index in [-0.39, 0.29) is 34.3 Å². The van der Waals surface area contributed by atoms with Crippen LogP contribution >= 0.6 is 21.2 Å². The number of allylic oxidation sites excluding steroid dienone is 4. The fourth-order valence-corrected chi connectivity index (χ4v) is 14.8. The lowest BCUT2D eigenvalue weighted by molar-refractivity contribution is -0.362. The summed E-state index contributed by atoms with van der Waals surface area (Å²) in [6, 6.07) is 19.7. The van der Waals surface area contributed by atoms with Crippen molar-refractivity contribution in [2.24, 2.45) is 21.0 Å². The van der Waals surface area contributed by atoms with Crippen LogP contribution in [0.4, 0.5) is 22.0 Å². The number of aliphatic hydroxyl groups is 1. The highest BCUT2D eigenvalue weighted by atomic mass is 127. The van der Waals surface area contributed by atoms with Crippen molar-refractivity contribution in [1.82, 2.24) is 0 Å². The number of nitrogens with zero attached hydrogens (tertiary/aromatic N) is 1. The van der Waals surface area contributed by atoms with E-state index in [0.29, 0.717) is 36.8 Å². The van der Waals surface area contributed by atoms with E-state index in [9.17, 15) is 35.7 Å². The topological polar surface area (TPSA) is 101 Å². The summed E-state index contributed by atoms with van der Waals surface area (Å²) in [6.07, 6.45) is -3.26. The summed E-state index contributed by atoms with van der Waals surface area (Å²) in [4.78, 5) is 12.5. The van der Waals surface area contributed by atoms with Crippen molar-refractivity contribution in [3.05, 3.63) is 107 Å². The van der Waals surface area contributed by atoms with E-state index in [1.54, 1.807) is 30.3 Å². The molecule has 2 saturated carbocycles. The Bertz CT molecular complexity index is 2280. The summed E-state index contributed by atoms with van der Waals surface area (Å²) in [7, 11) is -4.21. The molecule has 53 heavy (non-hydrogen) atoms. The van der Waals surface area contributed by atoms with Gasteiger partial charge in [-0.25, -0.2) is 4.21 Å². The minimum absolute atomic E-state index is 0.00961. The van der Waals surface area contributed by atoms with Crippen LogP contribution in [-0.4, -0.2) is 41.2 Å². The minimum atomic E-state index is -5.93. The van der Waals surface area contributed by atoms with Gasteiger partial charge in [0.15, 0.2) is 5.78 Å². The first-order valence-electron chi connectivity index (χ1n) is 17.3. The maximum absolute atomic E-state index is 15.3. The highest BCUT2D eigenvalue weighted by molar-refractivity contribution is 14.2. The number of ketones is 1. The molecule has 0 spiro atoms. The summed E-state index contributed by atoms with van der Waals surface area (Å²) < 4.78 is 115. The van der Waals surface area contributed by atoms with E-state index < -0.39 is 58.3 Å². The smallest absolute Gasteiger partial charge is 0.383 e. The molecule has 6 nitrogen and oxygen atoms in total. The molecule has 4 unspecified atom stereocenters. The third kappa shape index (κ3) is 6.32. The zero-order valence-electron chi connectivity index (χ0n) is 28.8. The predicted molar refractivity (Wildman–Crippen MR) is 199 cm³/mol. The average molecular weight is 886 g/mol. The van der Waals surface area contributed by atoms with Crippen molar-refractivity contribution in [3.63, 3.8) is 0 Å². The van der Waals surface area contributed by atoms with Crippen molar-refractivity contribution < 1.29 is 44.5 Å². The molecule has 282 valence electrons. The summed E-state index contributed by atoms with van der Waals surface area (Å²) in [6.45, 7) is -0.171. The lowest BCUT2D eigenvalue weighted by atomic mass is 9.50. The summed E-state index contributed by atoms with van der Waals surface area (Å²) in [5.74, 6) is -6.80. The van der Waals surface area contributed by atoms with E-state index in [1.165, 1.54) is 52.4 Å². The SMILES string of the molecule is Cc1ccc(S(=O)(=O)N=S(=O)(I)c2ccc(-c3ccc(C4C[C@@]5(C)C(CC[C@@]5(O)C(F)(F)C(F)(F)F)C5CCC6=CC(=O)CCC6=C45)cc3)cc2)cc1. The second-order valence-corrected chi connectivity index (χ2v) is 21.9. The van der Waals surface area contributed by atoms with Gasteiger partial charge in [0.1, 0.15) is 12.5 Å². The second-order valence-electron chi connectivity index (χ2n) is 14.9. The Labute approximate surface area is 317 Å². The highest BCUT2D eigenvalue weighted by Crippen LogP contribution is 2.70. The number of hydrogen-bond donors (Lipinski definition) is 1. The number of benzene rings is 3. The molecule has 0 aliphatic heterocycles. The van der Waals surface area contributed by atoms with E-state index in [0.717, 1.165) is 27.8 Å². The van der Waals surface area contributed by atoms with Crippen LogP contribution in [-0.2, 0) is 21.7 Å². The highest BCUT2D eigenvalue weighted by Gasteiger charge is 2.79. The number of aryl methyl sites for hydroxylation is 1. The third-order valence-corrected chi connectivity index (χ3v) is 18.3. The Hall–Kier alpha value is -2.95. The number of sulfonamides is 1. The second kappa shape index (κ2) is 13.1. The quantitative estimate of drug-likeness (QED) is 0.151. The number of carbonyl (C=O) groups excluding carboxylic acids is 1. The van der Waals surface area contributed by atoms with Crippen molar-refractivity contribution in [2.45, 2.75) is 92.2 Å². The molecule has 14 heteroatoms. The lowest BCUT2D eigenvalue weighted by Crippen LogP contribution is -2.65. The predicted octanol–water partition coefficient (Wildman–Crippen LogP) is 10.1. The number of rotatable bonds is 6. The molecule has 6 atom stereocenters. The molecular weight excluding hydrogens is 848 g/mol. The van der Waals surface area contributed by atoms with Crippen molar-refractivity contribution >= 4 is 43.9 Å². The maximum atomic E-state index is 15.3. The molecule has 3 aromatic carbocycles. The molecule has 7 rings (SSSR count). The molecular formula is C39H37F5INO5S2. The fraction of sp³-hybridized carbons (Fsp3) is 0.410. The fourth-order valence-electron chi connectivity index (χ4n) is 9.36. The molecule has 1 N–H and O–H groups in total. The van der Waals surface area contributed by atoms with Crippen molar-refractivity contribution in [1.29, 1.82) is 0 Å². The third-order valence-electron chi connectivity index (χ3n) is 12.1. The number of alkyl halides is 5.